The number of carbonyl (C=O) groups excluding carboxylic acids is 2. The van der Waals surface area contributed by atoms with Crippen LogP contribution in [0.25, 0.3) is 23.0 Å². The van der Waals surface area contributed by atoms with E-state index in [1.165, 1.54) is 18.2 Å². The fraction of sp³-hybridized carbons (Fsp3) is 0.214. The molecule has 4 heterocycles. The number of carbonyl (C=O) groups is 2. The van der Waals surface area contributed by atoms with E-state index >= 15 is 0 Å². The molecule has 9 heteroatoms. The topological polar surface area (TPSA) is 92.6 Å². The van der Waals surface area contributed by atoms with Crippen molar-refractivity contribution in [2.45, 2.75) is 32.6 Å². The van der Waals surface area contributed by atoms with E-state index in [-0.39, 0.29) is 17.6 Å². The van der Waals surface area contributed by atoms with Gasteiger partial charge in [0.25, 0.3) is 11.8 Å². The Hall–Kier alpha value is -4.37. The van der Waals surface area contributed by atoms with Crippen molar-refractivity contribution in [2.75, 3.05) is 6.54 Å². The van der Waals surface area contributed by atoms with Crippen LogP contribution in [0.4, 0.5) is 4.39 Å². The van der Waals surface area contributed by atoms with Gasteiger partial charge < -0.3 is 14.6 Å². The summed E-state index contributed by atoms with van der Waals surface area (Å²) >= 11 is 0. The van der Waals surface area contributed by atoms with Crippen LogP contribution < -0.4 is 10.6 Å². The first-order valence-corrected chi connectivity index (χ1v) is 12.1. The number of aryl methyl sites for hydroxylation is 1. The molecule has 1 saturated heterocycles. The van der Waals surface area contributed by atoms with Gasteiger partial charge in [-0.15, -0.1) is 0 Å². The summed E-state index contributed by atoms with van der Waals surface area (Å²) in [5.74, 6) is -0.723. The predicted octanol–water partition coefficient (Wildman–Crippen LogP) is 2.74. The van der Waals surface area contributed by atoms with Crippen molar-refractivity contribution in [2.24, 2.45) is 4.99 Å². The van der Waals surface area contributed by atoms with E-state index in [0.717, 1.165) is 21.9 Å². The molecule has 6 rings (SSSR count). The lowest BCUT2D eigenvalue weighted by atomic mass is 10.1. The van der Waals surface area contributed by atoms with Gasteiger partial charge in [0, 0.05) is 47.6 Å². The molecule has 0 bridgehead atoms. The Morgan fingerprint density at radius 1 is 1.14 bits per heavy atom. The average molecular weight is 498 g/mol. The average Bonchev–Trinajstić information content (AvgIpc) is 3.63. The molecule has 0 unspecified atom stereocenters. The Labute approximate surface area is 211 Å². The lowest BCUT2D eigenvalue weighted by Gasteiger charge is -2.23. The van der Waals surface area contributed by atoms with E-state index in [1.54, 1.807) is 28.9 Å². The molecule has 2 aromatic heterocycles. The van der Waals surface area contributed by atoms with Crippen LogP contribution in [-0.4, -0.2) is 44.1 Å². The molecule has 2 aromatic carbocycles. The normalized spacial score (nSPS) is 18.7. The standard InChI is InChI=1S/C28H24FN5O3/c1-16-9-21(29)13-22(10-16)34-15-23(26(32-34)20-5-7-30-14-20)28-33(27(36)17(2)37-28)8-6-18-3-4-19-12-25(35)31-24(19)11-18/h3-5,7,9-15,17,28,30H,6,8H2,1-2H3/t17-,28-/m0/s1. The molecule has 2 amide bonds. The van der Waals surface area contributed by atoms with Gasteiger partial charge in [-0.1, -0.05) is 12.1 Å². The number of nitrogens with zero attached hydrogens (tertiary/aromatic N) is 4. The summed E-state index contributed by atoms with van der Waals surface area (Å²) in [6.07, 6.45) is 6.21. The maximum Gasteiger partial charge on any atom is 0.270 e. The van der Waals surface area contributed by atoms with Crippen molar-refractivity contribution in [1.29, 1.82) is 0 Å². The number of amides is 2. The summed E-state index contributed by atoms with van der Waals surface area (Å²) in [7, 11) is 0. The number of halogens is 1. The Kier molecular flexibility index (Phi) is 5.57. The van der Waals surface area contributed by atoms with Crippen LogP contribution in [0.1, 0.15) is 29.8 Å². The monoisotopic (exact) mass is 497 g/mol. The van der Waals surface area contributed by atoms with Gasteiger partial charge in [-0.3, -0.25) is 9.59 Å². The smallest absolute Gasteiger partial charge is 0.270 e. The minimum absolute atomic E-state index is 0.117. The second kappa shape index (κ2) is 8.94. The fourth-order valence-corrected chi connectivity index (χ4v) is 4.89. The lowest BCUT2D eigenvalue weighted by Crippen LogP contribution is -2.32. The number of benzene rings is 2. The largest absolute Gasteiger partial charge is 0.367 e. The van der Waals surface area contributed by atoms with Gasteiger partial charge >= 0.3 is 0 Å². The Morgan fingerprint density at radius 2 is 2.00 bits per heavy atom. The van der Waals surface area contributed by atoms with Gasteiger partial charge in [0.05, 0.1) is 11.0 Å². The molecule has 8 nitrogen and oxygen atoms in total. The molecule has 0 spiro atoms. The molecule has 0 saturated carbocycles. The van der Waals surface area contributed by atoms with Gasteiger partial charge in [0.15, 0.2) is 6.23 Å². The Bertz CT molecular complexity index is 1640. The SMILES string of the molecule is Cc1cc(F)cc(-n2cc([C@@H]3O[C@@H](C)C(=O)N3CCc3ccc4c(c3)=NC(=O)C=4)c(-c3cc[nH]c3)n2)c1. The molecule has 4 aromatic rings. The van der Waals surface area contributed by atoms with Gasteiger partial charge in [-0.2, -0.15) is 5.10 Å². The number of aromatic nitrogens is 3. The first-order chi connectivity index (χ1) is 17.9. The van der Waals surface area contributed by atoms with Crippen molar-refractivity contribution >= 4 is 17.9 Å². The molecule has 186 valence electrons. The summed E-state index contributed by atoms with van der Waals surface area (Å²) in [6.45, 7) is 3.97. The highest BCUT2D eigenvalue weighted by molar-refractivity contribution is 6.06. The number of fused-ring (bicyclic) bond motifs is 1. The van der Waals surface area contributed by atoms with E-state index in [9.17, 15) is 14.0 Å². The molecule has 1 N–H and O–H groups in total. The predicted molar refractivity (Wildman–Crippen MR) is 133 cm³/mol. The molecule has 1 fully saturated rings. The molecule has 0 radical (unpaired) electrons. The van der Waals surface area contributed by atoms with Crippen LogP contribution in [0.3, 0.4) is 0 Å². The van der Waals surface area contributed by atoms with Crippen molar-refractivity contribution in [3.63, 3.8) is 0 Å². The minimum atomic E-state index is -0.662. The molecule has 2 aliphatic heterocycles. The van der Waals surface area contributed by atoms with Gasteiger partial charge in [-0.25, -0.2) is 14.1 Å². The van der Waals surface area contributed by atoms with E-state index in [2.05, 4.69) is 9.98 Å². The Morgan fingerprint density at radius 3 is 2.78 bits per heavy atom. The minimum Gasteiger partial charge on any atom is -0.367 e. The zero-order valence-corrected chi connectivity index (χ0v) is 20.3. The van der Waals surface area contributed by atoms with Crippen LogP contribution in [0.15, 0.2) is 66.0 Å². The summed E-state index contributed by atoms with van der Waals surface area (Å²) in [6, 6.07) is 12.3. The van der Waals surface area contributed by atoms with Crippen LogP contribution in [0, 0.1) is 12.7 Å². The van der Waals surface area contributed by atoms with Crippen LogP contribution >= 0.6 is 0 Å². The number of aromatic amines is 1. The number of ether oxygens (including phenoxy) is 1. The summed E-state index contributed by atoms with van der Waals surface area (Å²) in [4.78, 5) is 33.5. The third-order valence-corrected chi connectivity index (χ3v) is 6.66. The number of H-pyrrole nitrogens is 1. The zero-order valence-electron chi connectivity index (χ0n) is 20.3. The highest BCUT2D eigenvalue weighted by atomic mass is 19.1. The fourth-order valence-electron chi connectivity index (χ4n) is 4.89. The summed E-state index contributed by atoms with van der Waals surface area (Å²) in [5, 5.41) is 6.22. The highest BCUT2D eigenvalue weighted by Crippen LogP contribution is 2.37. The second-order valence-electron chi connectivity index (χ2n) is 9.36. The van der Waals surface area contributed by atoms with E-state index < -0.39 is 12.3 Å². The molecule has 2 atom stereocenters. The number of hydrogen-bond acceptors (Lipinski definition) is 4. The van der Waals surface area contributed by atoms with E-state index in [0.29, 0.717) is 35.3 Å². The first-order valence-electron chi connectivity index (χ1n) is 12.1. The second-order valence-corrected chi connectivity index (χ2v) is 9.36. The lowest BCUT2D eigenvalue weighted by molar-refractivity contribution is -0.130. The summed E-state index contributed by atoms with van der Waals surface area (Å²) < 4.78 is 22.0. The third kappa shape index (κ3) is 4.27. The van der Waals surface area contributed by atoms with Crippen molar-refractivity contribution in [1.82, 2.24) is 19.7 Å². The molecule has 0 aliphatic carbocycles. The maximum atomic E-state index is 14.2. The number of hydrogen-bond donors (Lipinski definition) is 1. The van der Waals surface area contributed by atoms with Crippen LogP contribution in [-0.2, 0) is 20.7 Å². The van der Waals surface area contributed by atoms with Gasteiger partial charge in [-0.05, 0) is 61.7 Å². The van der Waals surface area contributed by atoms with Crippen LogP contribution in [0.5, 0.6) is 0 Å². The Balaban J connectivity index is 1.36. The van der Waals surface area contributed by atoms with Crippen LogP contribution in [0.2, 0.25) is 0 Å². The quantitative estimate of drug-likeness (QED) is 0.444. The van der Waals surface area contributed by atoms with Crippen molar-refractivity contribution in [3.8, 4) is 16.9 Å². The van der Waals surface area contributed by atoms with Crippen molar-refractivity contribution < 1.29 is 18.7 Å². The van der Waals surface area contributed by atoms with Gasteiger partial charge in [0.1, 0.15) is 17.6 Å². The number of nitrogens with one attached hydrogen (secondary N) is 1. The maximum absolute atomic E-state index is 14.2. The first kappa shape index (κ1) is 23.1. The van der Waals surface area contributed by atoms with E-state index in [1.807, 2.05) is 43.5 Å². The molecular weight excluding hydrogens is 473 g/mol. The third-order valence-electron chi connectivity index (χ3n) is 6.66. The molecule has 2 aliphatic rings. The zero-order chi connectivity index (χ0) is 25.7. The molecular formula is C28H24FN5O3. The van der Waals surface area contributed by atoms with E-state index in [4.69, 9.17) is 9.84 Å². The van der Waals surface area contributed by atoms with Gasteiger partial charge in [0.2, 0.25) is 0 Å². The highest BCUT2D eigenvalue weighted by Gasteiger charge is 2.40. The summed E-state index contributed by atoms with van der Waals surface area (Å²) in [5.41, 5.74) is 4.51. The molecule has 37 heavy (non-hydrogen) atoms. The van der Waals surface area contributed by atoms with Crippen molar-refractivity contribution in [3.05, 3.63) is 94.1 Å². The number of rotatable bonds is 6.